The molecule has 2 N–H and O–H groups in total. The van der Waals surface area contributed by atoms with Crippen LogP contribution in [0.3, 0.4) is 0 Å². The van der Waals surface area contributed by atoms with Gasteiger partial charge in [0.2, 0.25) is 0 Å². The Morgan fingerprint density at radius 3 is 3.19 bits per heavy atom. The lowest BCUT2D eigenvalue weighted by Crippen LogP contribution is -2.40. The molecule has 1 aliphatic rings. The average Bonchev–Trinajstić information content (AvgIpc) is 2.66. The summed E-state index contributed by atoms with van der Waals surface area (Å²) in [4.78, 5) is 6.92. The number of morpholine rings is 1. The highest BCUT2D eigenvalue weighted by Gasteiger charge is 2.17. The van der Waals surface area contributed by atoms with Gasteiger partial charge in [-0.25, -0.2) is 4.98 Å². The molecule has 2 heterocycles. The summed E-state index contributed by atoms with van der Waals surface area (Å²) in [6.45, 7) is 7.81. The molecule has 1 saturated heterocycles. The van der Waals surface area contributed by atoms with E-state index in [1.54, 1.807) is 11.3 Å². The number of rotatable bonds is 3. The van der Waals surface area contributed by atoms with Crippen molar-refractivity contribution in [3.05, 3.63) is 16.1 Å². The predicted molar refractivity (Wildman–Crippen MR) is 65.4 cm³/mol. The van der Waals surface area contributed by atoms with Crippen molar-refractivity contribution in [3.8, 4) is 0 Å². The third-order valence-electron chi connectivity index (χ3n) is 2.67. The lowest BCUT2D eigenvalue weighted by molar-refractivity contribution is -0.0215. The molecule has 2 unspecified atom stereocenters. The van der Waals surface area contributed by atoms with E-state index in [9.17, 15) is 0 Å². The minimum atomic E-state index is 0.0439. The minimum Gasteiger partial charge on any atom is -0.376 e. The molecule has 0 spiro atoms. The van der Waals surface area contributed by atoms with E-state index in [2.05, 4.69) is 22.2 Å². The van der Waals surface area contributed by atoms with Crippen LogP contribution in [0.1, 0.15) is 30.6 Å². The van der Waals surface area contributed by atoms with Crippen LogP contribution < -0.4 is 5.73 Å². The number of hydrogen-bond acceptors (Lipinski definition) is 5. The maximum absolute atomic E-state index is 5.80. The molecule has 0 amide bonds. The zero-order chi connectivity index (χ0) is 11.5. The molecule has 0 bridgehead atoms. The molecule has 2 atom stereocenters. The first-order valence-electron chi connectivity index (χ1n) is 5.69. The van der Waals surface area contributed by atoms with Gasteiger partial charge < -0.3 is 10.5 Å². The molecule has 0 radical (unpaired) electrons. The summed E-state index contributed by atoms with van der Waals surface area (Å²) in [5.41, 5.74) is 6.93. The van der Waals surface area contributed by atoms with Crippen molar-refractivity contribution < 1.29 is 4.74 Å². The Balaban J connectivity index is 1.92. The Labute approximate surface area is 100 Å². The molecule has 0 aliphatic carbocycles. The molecule has 1 aromatic heterocycles. The minimum absolute atomic E-state index is 0.0439. The Bertz CT molecular complexity index is 340. The monoisotopic (exact) mass is 241 g/mol. The summed E-state index contributed by atoms with van der Waals surface area (Å²) >= 11 is 1.65. The molecule has 1 fully saturated rings. The number of nitrogens with two attached hydrogens (primary N) is 1. The quantitative estimate of drug-likeness (QED) is 0.868. The summed E-state index contributed by atoms with van der Waals surface area (Å²) in [5.74, 6) is 0. The third kappa shape index (κ3) is 3.01. The van der Waals surface area contributed by atoms with Gasteiger partial charge in [0.1, 0.15) is 5.01 Å². The van der Waals surface area contributed by atoms with Gasteiger partial charge >= 0.3 is 0 Å². The molecule has 2 rings (SSSR count). The second-order valence-corrected chi connectivity index (χ2v) is 5.27. The van der Waals surface area contributed by atoms with Crippen LogP contribution in [0, 0.1) is 0 Å². The van der Waals surface area contributed by atoms with Crippen molar-refractivity contribution in [2.75, 3.05) is 19.7 Å². The average molecular weight is 241 g/mol. The molecular formula is C11H19N3OS. The van der Waals surface area contributed by atoms with Gasteiger partial charge in [-0.15, -0.1) is 11.3 Å². The van der Waals surface area contributed by atoms with Crippen LogP contribution in [0.2, 0.25) is 0 Å². The molecule has 4 nitrogen and oxygen atoms in total. The molecule has 5 heteroatoms. The van der Waals surface area contributed by atoms with Gasteiger partial charge in [0.05, 0.1) is 24.4 Å². The molecule has 0 saturated carbocycles. The normalized spacial score (nSPS) is 24.6. The smallest absolute Gasteiger partial charge is 0.109 e. The number of nitrogens with zero attached hydrogens (tertiary/aromatic N) is 2. The summed E-state index contributed by atoms with van der Waals surface area (Å²) in [7, 11) is 0. The van der Waals surface area contributed by atoms with Crippen LogP contribution in [-0.2, 0) is 11.3 Å². The first-order chi connectivity index (χ1) is 7.65. The predicted octanol–water partition coefficient (Wildman–Crippen LogP) is 1.38. The van der Waals surface area contributed by atoms with E-state index < -0.39 is 0 Å². The van der Waals surface area contributed by atoms with Crippen LogP contribution in [0.15, 0.2) is 5.38 Å². The fourth-order valence-electron chi connectivity index (χ4n) is 1.87. The fourth-order valence-corrected chi connectivity index (χ4v) is 2.64. The van der Waals surface area contributed by atoms with Crippen molar-refractivity contribution in [2.45, 2.75) is 32.5 Å². The SMILES string of the molecule is CC1CN(Cc2csc(C(C)N)n2)CCO1. The second-order valence-electron chi connectivity index (χ2n) is 4.38. The van der Waals surface area contributed by atoms with Crippen LogP contribution >= 0.6 is 11.3 Å². The summed E-state index contributed by atoms with van der Waals surface area (Å²) in [6.07, 6.45) is 0.334. The van der Waals surface area contributed by atoms with E-state index in [0.717, 1.165) is 36.9 Å². The summed E-state index contributed by atoms with van der Waals surface area (Å²) in [6, 6.07) is 0.0439. The van der Waals surface area contributed by atoms with Crippen LogP contribution in [0.4, 0.5) is 0 Å². The maximum atomic E-state index is 5.80. The Morgan fingerprint density at radius 2 is 2.56 bits per heavy atom. The van der Waals surface area contributed by atoms with E-state index in [0.29, 0.717) is 6.10 Å². The summed E-state index contributed by atoms with van der Waals surface area (Å²) in [5, 5.41) is 3.13. The Morgan fingerprint density at radius 1 is 1.75 bits per heavy atom. The van der Waals surface area contributed by atoms with Crippen LogP contribution in [0.25, 0.3) is 0 Å². The van der Waals surface area contributed by atoms with Crippen molar-refractivity contribution in [2.24, 2.45) is 5.73 Å². The highest BCUT2D eigenvalue weighted by atomic mass is 32.1. The van der Waals surface area contributed by atoms with Gasteiger partial charge in [-0.2, -0.15) is 0 Å². The lowest BCUT2D eigenvalue weighted by atomic mass is 10.3. The van der Waals surface area contributed by atoms with Gasteiger partial charge in [-0.3, -0.25) is 4.90 Å². The van der Waals surface area contributed by atoms with E-state index >= 15 is 0 Å². The molecule has 0 aromatic carbocycles. The molecule has 90 valence electrons. The van der Waals surface area contributed by atoms with Crippen molar-refractivity contribution in [1.82, 2.24) is 9.88 Å². The largest absolute Gasteiger partial charge is 0.376 e. The molecular weight excluding hydrogens is 222 g/mol. The van der Waals surface area contributed by atoms with Crippen LogP contribution in [0.5, 0.6) is 0 Å². The van der Waals surface area contributed by atoms with Gasteiger partial charge in [0.15, 0.2) is 0 Å². The van der Waals surface area contributed by atoms with Gasteiger partial charge in [0, 0.05) is 25.0 Å². The second kappa shape index (κ2) is 5.23. The first-order valence-corrected chi connectivity index (χ1v) is 6.57. The van der Waals surface area contributed by atoms with Gasteiger partial charge in [-0.05, 0) is 13.8 Å². The number of aromatic nitrogens is 1. The zero-order valence-electron chi connectivity index (χ0n) is 9.85. The van der Waals surface area contributed by atoms with E-state index in [1.807, 2.05) is 6.92 Å². The van der Waals surface area contributed by atoms with Crippen molar-refractivity contribution in [1.29, 1.82) is 0 Å². The zero-order valence-corrected chi connectivity index (χ0v) is 10.7. The maximum Gasteiger partial charge on any atom is 0.109 e. The highest BCUT2D eigenvalue weighted by molar-refractivity contribution is 7.09. The topological polar surface area (TPSA) is 51.4 Å². The number of ether oxygens (including phenoxy) is 1. The highest BCUT2D eigenvalue weighted by Crippen LogP contribution is 2.17. The van der Waals surface area contributed by atoms with E-state index in [4.69, 9.17) is 10.5 Å². The van der Waals surface area contributed by atoms with Crippen LogP contribution in [-0.4, -0.2) is 35.7 Å². The Hall–Kier alpha value is -0.490. The van der Waals surface area contributed by atoms with Crippen molar-refractivity contribution >= 4 is 11.3 Å². The number of hydrogen-bond donors (Lipinski definition) is 1. The third-order valence-corrected chi connectivity index (χ3v) is 3.76. The van der Waals surface area contributed by atoms with Gasteiger partial charge in [0.25, 0.3) is 0 Å². The summed E-state index contributed by atoms with van der Waals surface area (Å²) < 4.78 is 5.51. The van der Waals surface area contributed by atoms with E-state index in [-0.39, 0.29) is 6.04 Å². The van der Waals surface area contributed by atoms with Gasteiger partial charge in [-0.1, -0.05) is 0 Å². The number of thiazole rings is 1. The fraction of sp³-hybridized carbons (Fsp3) is 0.727. The standard InChI is InChI=1S/C11H19N3OS/c1-8-5-14(3-4-15-8)6-10-7-16-11(13-10)9(2)12/h7-9H,3-6,12H2,1-2H3. The molecule has 16 heavy (non-hydrogen) atoms. The Kier molecular flexibility index (Phi) is 3.91. The molecule has 1 aromatic rings. The molecule has 1 aliphatic heterocycles. The first kappa shape index (κ1) is 12.0. The van der Waals surface area contributed by atoms with E-state index in [1.165, 1.54) is 0 Å². The lowest BCUT2D eigenvalue weighted by Gasteiger charge is -2.30. The van der Waals surface area contributed by atoms with Crippen molar-refractivity contribution in [3.63, 3.8) is 0 Å².